The molecule has 2 aromatic carbocycles. The van der Waals surface area contributed by atoms with Gasteiger partial charge < -0.3 is 10.6 Å². The van der Waals surface area contributed by atoms with Crippen LogP contribution in [-0.2, 0) is 0 Å². The lowest BCUT2D eigenvalue weighted by molar-refractivity contribution is 0.102. The Balaban J connectivity index is 1.68. The summed E-state index contributed by atoms with van der Waals surface area (Å²) in [6.45, 7) is 0. The minimum atomic E-state index is -0.226. The van der Waals surface area contributed by atoms with Crippen LogP contribution in [0.5, 0.6) is 0 Å². The van der Waals surface area contributed by atoms with Gasteiger partial charge in [-0.2, -0.15) is 5.26 Å². The molecule has 1 aromatic heterocycles. The van der Waals surface area contributed by atoms with Crippen molar-refractivity contribution in [1.29, 1.82) is 5.26 Å². The van der Waals surface area contributed by atoms with Gasteiger partial charge in [0.2, 0.25) is 0 Å². The van der Waals surface area contributed by atoms with Crippen LogP contribution in [0.1, 0.15) is 15.9 Å². The van der Waals surface area contributed by atoms with Crippen LogP contribution in [0.15, 0.2) is 71.3 Å². The topological polar surface area (TPSA) is 77.8 Å². The fourth-order valence-corrected chi connectivity index (χ4v) is 2.59. The molecule has 0 aliphatic carbocycles. The smallest absolute Gasteiger partial charge is 0.256 e. The Morgan fingerprint density at radius 1 is 1.04 bits per heavy atom. The maximum atomic E-state index is 12.2. The van der Waals surface area contributed by atoms with E-state index in [9.17, 15) is 4.79 Å². The van der Waals surface area contributed by atoms with E-state index in [0.29, 0.717) is 16.9 Å². The van der Waals surface area contributed by atoms with E-state index in [-0.39, 0.29) is 5.91 Å². The van der Waals surface area contributed by atoms with Gasteiger partial charge in [-0.1, -0.05) is 28.1 Å². The second-order valence-electron chi connectivity index (χ2n) is 5.21. The summed E-state index contributed by atoms with van der Waals surface area (Å²) in [6.07, 6.45) is 1.62. The van der Waals surface area contributed by atoms with Crippen LogP contribution in [0.4, 0.5) is 17.2 Å². The molecule has 5 nitrogen and oxygen atoms in total. The number of hydrogen-bond acceptors (Lipinski definition) is 4. The van der Waals surface area contributed by atoms with Crippen LogP contribution in [0.25, 0.3) is 0 Å². The zero-order chi connectivity index (χ0) is 17.6. The molecular weight excluding hydrogens is 380 g/mol. The van der Waals surface area contributed by atoms with Crippen LogP contribution >= 0.6 is 15.9 Å². The van der Waals surface area contributed by atoms with Crippen LogP contribution < -0.4 is 10.6 Å². The van der Waals surface area contributed by atoms with E-state index in [1.165, 1.54) is 0 Å². The number of rotatable bonds is 4. The van der Waals surface area contributed by atoms with Crippen molar-refractivity contribution >= 4 is 39.0 Å². The minimum Gasteiger partial charge on any atom is -0.354 e. The van der Waals surface area contributed by atoms with Crippen molar-refractivity contribution in [2.24, 2.45) is 0 Å². The number of aromatic nitrogens is 1. The van der Waals surface area contributed by atoms with Gasteiger partial charge in [0.05, 0.1) is 23.5 Å². The number of benzene rings is 2. The highest BCUT2D eigenvalue weighted by molar-refractivity contribution is 9.10. The first-order chi connectivity index (χ1) is 12.1. The average molecular weight is 393 g/mol. The quantitative estimate of drug-likeness (QED) is 0.673. The molecule has 0 atom stereocenters. The summed E-state index contributed by atoms with van der Waals surface area (Å²) in [6, 6.07) is 19.9. The molecule has 1 heterocycles. The Labute approximate surface area is 153 Å². The van der Waals surface area contributed by atoms with Gasteiger partial charge in [-0.05, 0) is 48.5 Å². The molecule has 1 amide bonds. The monoisotopic (exact) mass is 392 g/mol. The molecule has 0 saturated heterocycles. The van der Waals surface area contributed by atoms with Crippen molar-refractivity contribution in [2.45, 2.75) is 0 Å². The lowest BCUT2D eigenvalue weighted by Gasteiger charge is -2.08. The largest absolute Gasteiger partial charge is 0.354 e. The molecule has 2 N–H and O–H groups in total. The van der Waals surface area contributed by atoms with Crippen LogP contribution in [0.2, 0.25) is 0 Å². The number of carbonyl (C=O) groups is 1. The van der Waals surface area contributed by atoms with Crippen molar-refractivity contribution in [2.75, 3.05) is 10.6 Å². The third-order valence-corrected chi connectivity index (χ3v) is 3.87. The zero-order valence-corrected chi connectivity index (χ0v) is 14.6. The third kappa shape index (κ3) is 4.43. The summed E-state index contributed by atoms with van der Waals surface area (Å²) in [5, 5.41) is 14.8. The number of nitrogens with one attached hydrogen (secondary N) is 2. The van der Waals surface area contributed by atoms with Crippen LogP contribution in [-0.4, -0.2) is 10.9 Å². The number of pyridine rings is 1. The lowest BCUT2D eigenvalue weighted by Crippen LogP contribution is -2.12. The van der Waals surface area contributed by atoms with Gasteiger partial charge in [-0.3, -0.25) is 4.79 Å². The van der Waals surface area contributed by atoms with Crippen molar-refractivity contribution in [3.63, 3.8) is 0 Å². The number of amides is 1. The van der Waals surface area contributed by atoms with E-state index in [2.05, 4.69) is 37.6 Å². The van der Waals surface area contributed by atoms with Crippen molar-refractivity contribution in [3.8, 4) is 6.07 Å². The summed E-state index contributed by atoms with van der Waals surface area (Å²) >= 11 is 3.34. The fourth-order valence-electron chi connectivity index (χ4n) is 2.19. The molecule has 0 aliphatic heterocycles. The van der Waals surface area contributed by atoms with Gasteiger partial charge in [0.15, 0.2) is 0 Å². The van der Waals surface area contributed by atoms with Crippen LogP contribution in [0.3, 0.4) is 0 Å². The number of anilines is 3. The summed E-state index contributed by atoms with van der Waals surface area (Å²) in [5.41, 5.74) is 2.69. The van der Waals surface area contributed by atoms with E-state index in [1.807, 2.05) is 18.2 Å². The second-order valence-corrected chi connectivity index (χ2v) is 6.13. The van der Waals surface area contributed by atoms with E-state index in [1.54, 1.807) is 48.7 Å². The maximum absolute atomic E-state index is 12.2. The van der Waals surface area contributed by atoms with Gasteiger partial charge in [0.1, 0.15) is 5.82 Å². The van der Waals surface area contributed by atoms with Crippen molar-refractivity contribution in [1.82, 2.24) is 4.98 Å². The fraction of sp³-hybridized carbons (Fsp3) is 0. The van der Waals surface area contributed by atoms with Gasteiger partial charge in [-0.25, -0.2) is 4.98 Å². The first kappa shape index (κ1) is 16.7. The molecule has 122 valence electrons. The van der Waals surface area contributed by atoms with Crippen molar-refractivity contribution < 1.29 is 4.79 Å². The molecule has 6 heteroatoms. The molecule has 0 unspecified atom stereocenters. The van der Waals surface area contributed by atoms with E-state index < -0.39 is 0 Å². The molecule has 3 rings (SSSR count). The summed E-state index contributed by atoms with van der Waals surface area (Å²) in [7, 11) is 0. The Kier molecular flexibility index (Phi) is 5.07. The molecule has 0 bridgehead atoms. The standard InChI is InChI=1S/C19H13BrN4O/c20-15-5-2-4-14(10-15)19(25)24-18-8-7-17(12-22-18)23-16-6-1-3-13(9-16)11-21/h1-10,12,23H,(H,22,24,25). The first-order valence-corrected chi connectivity index (χ1v) is 8.23. The van der Waals surface area contributed by atoms with E-state index in [4.69, 9.17) is 5.26 Å². The number of nitriles is 1. The Morgan fingerprint density at radius 2 is 1.88 bits per heavy atom. The molecule has 0 saturated carbocycles. The van der Waals surface area contributed by atoms with Gasteiger partial charge in [0.25, 0.3) is 5.91 Å². The predicted molar refractivity (Wildman–Crippen MR) is 101 cm³/mol. The summed E-state index contributed by atoms with van der Waals surface area (Å²) < 4.78 is 0.840. The Hall–Kier alpha value is -3.17. The van der Waals surface area contributed by atoms with Crippen molar-refractivity contribution in [3.05, 3.63) is 82.5 Å². The number of hydrogen-bond donors (Lipinski definition) is 2. The van der Waals surface area contributed by atoms with Crippen LogP contribution in [0, 0.1) is 11.3 Å². The Morgan fingerprint density at radius 3 is 2.60 bits per heavy atom. The third-order valence-electron chi connectivity index (χ3n) is 3.37. The molecule has 0 aliphatic rings. The molecule has 0 fully saturated rings. The summed E-state index contributed by atoms with van der Waals surface area (Å²) in [4.78, 5) is 16.4. The highest BCUT2D eigenvalue weighted by Gasteiger charge is 2.07. The second kappa shape index (κ2) is 7.60. The highest BCUT2D eigenvalue weighted by Crippen LogP contribution is 2.18. The predicted octanol–water partition coefficient (Wildman–Crippen LogP) is 4.71. The minimum absolute atomic E-state index is 0.226. The number of carbonyl (C=O) groups excluding carboxylic acids is 1. The Bertz CT molecular complexity index is 948. The normalized spacial score (nSPS) is 9.92. The highest BCUT2D eigenvalue weighted by atomic mass is 79.9. The first-order valence-electron chi connectivity index (χ1n) is 7.44. The molecule has 0 radical (unpaired) electrons. The molecule has 0 spiro atoms. The lowest BCUT2D eigenvalue weighted by atomic mass is 10.2. The van der Waals surface area contributed by atoms with Gasteiger partial charge >= 0.3 is 0 Å². The molecule has 25 heavy (non-hydrogen) atoms. The SMILES string of the molecule is N#Cc1cccc(Nc2ccc(NC(=O)c3cccc(Br)c3)nc2)c1. The molecule has 3 aromatic rings. The maximum Gasteiger partial charge on any atom is 0.256 e. The van der Waals surface area contributed by atoms with Gasteiger partial charge in [-0.15, -0.1) is 0 Å². The summed E-state index contributed by atoms with van der Waals surface area (Å²) in [5.74, 6) is 0.234. The average Bonchev–Trinajstić information content (AvgIpc) is 2.63. The zero-order valence-electron chi connectivity index (χ0n) is 13.0. The van der Waals surface area contributed by atoms with Gasteiger partial charge in [0, 0.05) is 15.7 Å². The van der Waals surface area contributed by atoms with E-state index >= 15 is 0 Å². The molecular formula is C19H13BrN4O. The number of nitrogens with zero attached hydrogens (tertiary/aromatic N) is 2. The number of halogens is 1. The van der Waals surface area contributed by atoms with E-state index in [0.717, 1.165) is 15.8 Å².